The highest BCUT2D eigenvalue weighted by atomic mass is 16.5. The Kier molecular flexibility index (Phi) is 8.37. The summed E-state index contributed by atoms with van der Waals surface area (Å²) in [4.78, 5) is 39.6. The number of benzene rings is 3. The number of carboxylic acid groups (broad SMARTS) is 1. The predicted octanol–water partition coefficient (Wildman–Crippen LogP) is 3.94. The third kappa shape index (κ3) is 6.11. The number of nitrogens with zero attached hydrogens (tertiary/aromatic N) is 1. The minimum atomic E-state index is -1.87. The fourth-order valence-corrected chi connectivity index (χ4v) is 5.55. The van der Waals surface area contributed by atoms with Crippen LogP contribution in [-0.4, -0.2) is 70.5 Å². The van der Waals surface area contributed by atoms with E-state index in [1.165, 1.54) is 4.90 Å². The lowest BCUT2D eigenvalue weighted by Crippen LogP contribution is -2.58. The largest absolute Gasteiger partial charge is 0.479 e. The number of nitrogens with one attached hydrogen (secondary N) is 1. The summed E-state index contributed by atoms with van der Waals surface area (Å²) < 4.78 is 11.7. The lowest BCUT2D eigenvalue weighted by molar-refractivity contribution is -0.166. The van der Waals surface area contributed by atoms with Gasteiger partial charge < -0.3 is 29.9 Å². The molecule has 0 aromatic heterocycles. The van der Waals surface area contributed by atoms with Gasteiger partial charge in [0.25, 0.3) is 0 Å². The van der Waals surface area contributed by atoms with Gasteiger partial charge in [-0.25, -0.2) is 9.59 Å². The van der Waals surface area contributed by atoms with Crippen molar-refractivity contribution in [1.82, 2.24) is 10.2 Å². The lowest BCUT2D eigenvalue weighted by Gasteiger charge is -2.37. The lowest BCUT2D eigenvalue weighted by atomic mass is 9.91. The zero-order valence-electron chi connectivity index (χ0n) is 22.9. The number of hydrogen-bond acceptors (Lipinski definition) is 6. The Morgan fingerprint density at radius 2 is 1.49 bits per heavy atom. The average molecular weight is 559 g/mol. The van der Waals surface area contributed by atoms with Gasteiger partial charge in [0.15, 0.2) is 5.60 Å². The minimum Gasteiger partial charge on any atom is -0.479 e. The molecule has 0 saturated carbocycles. The molecule has 9 nitrogen and oxygen atoms in total. The second kappa shape index (κ2) is 12.1. The van der Waals surface area contributed by atoms with Gasteiger partial charge in [-0.2, -0.15) is 0 Å². The average Bonchev–Trinajstić information content (AvgIpc) is 3.31. The van der Waals surface area contributed by atoms with Crippen LogP contribution in [0, 0.1) is 0 Å². The Labute approximate surface area is 238 Å². The van der Waals surface area contributed by atoms with Crippen LogP contribution in [0.2, 0.25) is 0 Å². The number of piperidine rings is 1. The van der Waals surface area contributed by atoms with E-state index in [1.807, 2.05) is 66.7 Å². The van der Waals surface area contributed by atoms with Crippen LogP contribution in [0.5, 0.6) is 0 Å². The molecule has 2 aliphatic rings. The molecule has 1 fully saturated rings. The van der Waals surface area contributed by atoms with E-state index in [0.717, 1.165) is 27.8 Å². The van der Waals surface area contributed by atoms with Crippen molar-refractivity contribution in [2.45, 2.75) is 50.0 Å². The van der Waals surface area contributed by atoms with E-state index in [0.29, 0.717) is 0 Å². The van der Waals surface area contributed by atoms with E-state index in [2.05, 4.69) is 17.4 Å². The Morgan fingerprint density at radius 1 is 0.927 bits per heavy atom. The summed E-state index contributed by atoms with van der Waals surface area (Å²) in [5.74, 6) is -1.87. The fraction of sp³-hybridized carbons (Fsp3) is 0.344. The quantitative estimate of drug-likeness (QED) is 0.363. The monoisotopic (exact) mass is 558 g/mol. The molecule has 0 bridgehead atoms. The van der Waals surface area contributed by atoms with Gasteiger partial charge in [-0.05, 0) is 34.7 Å². The van der Waals surface area contributed by atoms with Crippen LogP contribution in [-0.2, 0) is 25.7 Å². The predicted molar refractivity (Wildman–Crippen MR) is 151 cm³/mol. The van der Waals surface area contributed by atoms with Gasteiger partial charge in [-0.3, -0.25) is 4.79 Å². The molecule has 1 aliphatic carbocycles. The van der Waals surface area contributed by atoms with Crippen molar-refractivity contribution in [3.05, 3.63) is 95.6 Å². The molecular weight excluding hydrogens is 524 g/mol. The molecule has 1 saturated heterocycles. The third-order valence-electron chi connectivity index (χ3n) is 8.01. The SMILES string of the molecule is CC(OCc1ccccc1)C(NC(=O)OCC1c2ccccc2-c2ccccc21)C(=O)N1CCC(O)(C(=O)O)CC1. The molecule has 214 valence electrons. The molecule has 2 unspecified atom stereocenters. The number of amides is 2. The number of alkyl carbamates (subject to hydrolysis) is 1. The van der Waals surface area contributed by atoms with Gasteiger partial charge in [0, 0.05) is 31.8 Å². The molecule has 0 spiro atoms. The van der Waals surface area contributed by atoms with E-state index >= 15 is 0 Å². The van der Waals surface area contributed by atoms with E-state index < -0.39 is 35.7 Å². The molecule has 3 N–H and O–H groups in total. The van der Waals surface area contributed by atoms with Crippen molar-refractivity contribution < 1.29 is 34.1 Å². The summed E-state index contributed by atoms with van der Waals surface area (Å²) in [6.45, 7) is 2.10. The number of rotatable bonds is 9. The molecule has 1 heterocycles. The number of fused-ring (bicyclic) bond motifs is 3. The second-order valence-electron chi connectivity index (χ2n) is 10.6. The van der Waals surface area contributed by atoms with Gasteiger partial charge in [0.2, 0.25) is 5.91 Å². The third-order valence-corrected chi connectivity index (χ3v) is 8.01. The number of carboxylic acids is 1. The topological polar surface area (TPSA) is 125 Å². The van der Waals surface area contributed by atoms with Crippen LogP contribution >= 0.6 is 0 Å². The molecule has 1 aliphatic heterocycles. The molecule has 3 aromatic carbocycles. The molecule has 0 radical (unpaired) electrons. The number of aliphatic carboxylic acids is 1. The van der Waals surface area contributed by atoms with Crippen molar-refractivity contribution in [2.75, 3.05) is 19.7 Å². The molecular formula is C32H34N2O7. The molecule has 41 heavy (non-hydrogen) atoms. The number of ether oxygens (including phenoxy) is 2. The Bertz CT molecular complexity index is 1360. The van der Waals surface area contributed by atoms with Crippen molar-refractivity contribution in [1.29, 1.82) is 0 Å². The minimum absolute atomic E-state index is 0.0376. The Morgan fingerprint density at radius 3 is 2.07 bits per heavy atom. The number of likely N-dealkylation sites (tertiary alicyclic amines) is 1. The maximum Gasteiger partial charge on any atom is 0.407 e. The van der Waals surface area contributed by atoms with Gasteiger partial charge in [0.1, 0.15) is 12.6 Å². The van der Waals surface area contributed by atoms with Crippen LogP contribution in [0.25, 0.3) is 11.1 Å². The first kappa shape index (κ1) is 28.3. The highest BCUT2D eigenvalue weighted by molar-refractivity contribution is 5.87. The molecule has 2 atom stereocenters. The van der Waals surface area contributed by atoms with Crippen molar-refractivity contribution in [2.24, 2.45) is 0 Å². The molecule has 5 rings (SSSR count). The number of carbonyl (C=O) groups excluding carboxylic acids is 2. The van der Waals surface area contributed by atoms with Crippen LogP contribution < -0.4 is 5.32 Å². The summed E-state index contributed by atoms with van der Waals surface area (Å²) in [7, 11) is 0. The maximum absolute atomic E-state index is 13.6. The smallest absolute Gasteiger partial charge is 0.407 e. The highest BCUT2D eigenvalue weighted by Crippen LogP contribution is 2.44. The number of carbonyl (C=O) groups is 3. The summed E-state index contributed by atoms with van der Waals surface area (Å²) in [6.07, 6.45) is -1.68. The van der Waals surface area contributed by atoms with E-state index in [1.54, 1.807) is 6.92 Å². The van der Waals surface area contributed by atoms with Gasteiger partial charge in [-0.15, -0.1) is 0 Å². The Hall–Kier alpha value is -4.21. The van der Waals surface area contributed by atoms with Crippen LogP contribution in [0.4, 0.5) is 4.79 Å². The van der Waals surface area contributed by atoms with Crippen LogP contribution in [0.15, 0.2) is 78.9 Å². The van der Waals surface area contributed by atoms with E-state index in [-0.39, 0.29) is 45.1 Å². The van der Waals surface area contributed by atoms with Crippen molar-refractivity contribution in [3.63, 3.8) is 0 Å². The molecule has 3 aromatic rings. The van der Waals surface area contributed by atoms with E-state index in [4.69, 9.17) is 9.47 Å². The first-order valence-corrected chi connectivity index (χ1v) is 13.8. The second-order valence-corrected chi connectivity index (χ2v) is 10.6. The van der Waals surface area contributed by atoms with Crippen LogP contribution in [0.3, 0.4) is 0 Å². The Balaban J connectivity index is 1.27. The fourth-order valence-electron chi connectivity index (χ4n) is 5.55. The van der Waals surface area contributed by atoms with E-state index in [9.17, 15) is 24.6 Å². The van der Waals surface area contributed by atoms with Gasteiger partial charge in [0.05, 0.1) is 12.7 Å². The number of hydrogen-bond donors (Lipinski definition) is 3. The highest BCUT2D eigenvalue weighted by Gasteiger charge is 2.42. The first-order valence-electron chi connectivity index (χ1n) is 13.8. The van der Waals surface area contributed by atoms with Crippen molar-refractivity contribution in [3.8, 4) is 11.1 Å². The standard InChI is InChI=1S/C32H34N2O7/c1-21(40-19-22-9-3-2-4-10-22)28(29(35)34-17-15-32(39,16-18-34)30(36)37)33-31(38)41-20-27-25-13-7-5-11-23(25)24-12-6-8-14-26(24)27/h2-14,21,27-28,39H,15-20H2,1H3,(H,33,38)(H,36,37). The zero-order chi connectivity index (χ0) is 29.0. The maximum atomic E-state index is 13.6. The number of aliphatic hydroxyl groups is 1. The first-order chi connectivity index (χ1) is 19.8. The van der Waals surface area contributed by atoms with Gasteiger partial charge >= 0.3 is 12.1 Å². The normalized spacial score (nSPS) is 17.2. The summed E-state index contributed by atoms with van der Waals surface area (Å²) >= 11 is 0. The summed E-state index contributed by atoms with van der Waals surface area (Å²) in [6, 6.07) is 24.5. The molecule has 9 heteroatoms. The van der Waals surface area contributed by atoms with Crippen LogP contribution in [0.1, 0.15) is 42.4 Å². The zero-order valence-corrected chi connectivity index (χ0v) is 22.9. The van der Waals surface area contributed by atoms with Gasteiger partial charge in [-0.1, -0.05) is 78.9 Å². The molecule has 2 amide bonds. The summed E-state index contributed by atoms with van der Waals surface area (Å²) in [5.41, 5.74) is 3.41. The summed E-state index contributed by atoms with van der Waals surface area (Å²) in [5, 5.41) is 22.4. The van der Waals surface area contributed by atoms with Crippen molar-refractivity contribution >= 4 is 18.0 Å².